The van der Waals surface area contributed by atoms with Crippen LogP contribution >= 0.6 is 7.82 Å². The van der Waals surface area contributed by atoms with Crippen LogP contribution in [0.2, 0.25) is 0 Å². The van der Waals surface area contributed by atoms with Crippen molar-refractivity contribution in [3.63, 3.8) is 0 Å². The lowest BCUT2D eigenvalue weighted by Crippen LogP contribution is -2.17. The fourth-order valence-electron chi connectivity index (χ4n) is 1.79. The van der Waals surface area contributed by atoms with Gasteiger partial charge in [0.2, 0.25) is 0 Å². The van der Waals surface area contributed by atoms with Gasteiger partial charge >= 0.3 is 23.9 Å². The Hall–Kier alpha value is -1.41. The summed E-state index contributed by atoms with van der Waals surface area (Å²) in [6.07, 6.45) is -0.303. The second kappa shape index (κ2) is 6.78. The van der Waals surface area contributed by atoms with E-state index in [4.69, 9.17) is 13.6 Å². The van der Waals surface area contributed by atoms with Gasteiger partial charge in [0, 0.05) is 7.11 Å². The van der Waals surface area contributed by atoms with Gasteiger partial charge in [0.1, 0.15) is 11.0 Å². The van der Waals surface area contributed by atoms with E-state index >= 15 is 0 Å². The number of hydrogen-bond donors (Lipinski definition) is 0. The van der Waals surface area contributed by atoms with Crippen LogP contribution in [0.25, 0.3) is 0 Å². The maximum Gasteiger partial charge on any atom is 0.529 e. The van der Waals surface area contributed by atoms with Gasteiger partial charge in [-0.1, -0.05) is 18.2 Å². The van der Waals surface area contributed by atoms with Gasteiger partial charge in [-0.3, -0.25) is 13.8 Å². The molecule has 1 heterocycles. The molecular formula is C12H15O8PS. The Labute approximate surface area is 128 Å². The quantitative estimate of drug-likeness (QED) is 0.542. The van der Waals surface area contributed by atoms with Gasteiger partial charge in [0.05, 0.1) is 13.0 Å². The van der Waals surface area contributed by atoms with Crippen molar-refractivity contribution >= 4 is 23.9 Å². The van der Waals surface area contributed by atoms with E-state index < -0.39 is 29.2 Å². The summed E-state index contributed by atoms with van der Waals surface area (Å²) in [7, 11) is -6.62. The second-order valence-electron chi connectivity index (χ2n) is 4.43. The molecule has 2 atom stereocenters. The lowest BCUT2D eigenvalue weighted by atomic mass is 10.2. The van der Waals surface area contributed by atoms with Crippen molar-refractivity contribution in [1.82, 2.24) is 0 Å². The third kappa shape index (κ3) is 4.30. The Morgan fingerprint density at radius 1 is 1.32 bits per heavy atom. The van der Waals surface area contributed by atoms with E-state index in [9.17, 15) is 17.8 Å². The van der Waals surface area contributed by atoms with E-state index in [0.29, 0.717) is 5.75 Å². The monoisotopic (exact) mass is 350 g/mol. The number of carbonyl (C=O) groups excluding carboxylic acids is 1. The summed E-state index contributed by atoms with van der Waals surface area (Å²) in [5, 5.41) is -1.01. The van der Waals surface area contributed by atoms with E-state index in [1.54, 1.807) is 30.3 Å². The molecule has 0 saturated carbocycles. The van der Waals surface area contributed by atoms with Gasteiger partial charge in [-0.05, 0) is 18.6 Å². The Morgan fingerprint density at radius 3 is 2.55 bits per heavy atom. The number of phosphoric acid groups is 1. The minimum absolute atomic E-state index is 0.0560. The number of benzene rings is 1. The van der Waals surface area contributed by atoms with Gasteiger partial charge in [-0.2, -0.15) is 8.42 Å². The fourth-order valence-corrected chi connectivity index (χ4v) is 3.92. The summed E-state index contributed by atoms with van der Waals surface area (Å²) in [4.78, 5) is 11.0. The van der Waals surface area contributed by atoms with E-state index in [1.807, 2.05) is 0 Å². The highest BCUT2D eigenvalue weighted by atomic mass is 32.2. The molecule has 22 heavy (non-hydrogen) atoms. The normalized spacial score (nSPS) is 22.8. The molecule has 0 bridgehead atoms. The molecule has 1 saturated heterocycles. The van der Waals surface area contributed by atoms with Crippen molar-refractivity contribution in [3.8, 4) is 5.75 Å². The number of para-hydroxylation sites is 1. The SMILES string of the molecule is COP(=O)(OCCC1CC(=O)OS1(=O)=O)Oc1ccccc1. The maximum absolute atomic E-state index is 12.2. The standard InChI is InChI=1S/C12H15O8PS/c1-17-21(14,19-10-5-3-2-4-6-10)18-8-7-11-9-12(13)20-22(11,15)16/h2-6,11H,7-9H2,1H3. The highest BCUT2D eigenvalue weighted by molar-refractivity contribution is 7.88. The van der Waals surface area contributed by atoms with Crippen LogP contribution in [0.4, 0.5) is 0 Å². The molecule has 2 unspecified atom stereocenters. The zero-order valence-electron chi connectivity index (χ0n) is 11.7. The molecule has 1 aromatic rings. The van der Waals surface area contributed by atoms with Crippen LogP contribution in [0.1, 0.15) is 12.8 Å². The zero-order chi connectivity index (χ0) is 16.2. The molecule has 0 aliphatic carbocycles. The first-order valence-corrected chi connectivity index (χ1v) is 9.29. The van der Waals surface area contributed by atoms with E-state index in [0.717, 1.165) is 7.11 Å². The minimum Gasteiger partial charge on any atom is -0.404 e. The lowest BCUT2D eigenvalue weighted by molar-refractivity contribution is -0.132. The third-order valence-electron chi connectivity index (χ3n) is 2.88. The molecule has 0 radical (unpaired) electrons. The first kappa shape index (κ1) is 17.0. The average Bonchev–Trinajstić information content (AvgIpc) is 2.72. The van der Waals surface area contributed by atoms with Gasteiger partial charge in [-0.25, -0.2) is 4.57 Å². The maximum atomic E-state index is 12.2. The van der Waals surface area contributed by atoms with Crippen LogP contribution < -0.4 is 4.52 Å². The van der Waals surface area contributed by atoms with Gasteiger partial charge in [0.15, 0.2) is 0 Å². The summed E-state index contributed by atoms with van der Waals surface area (Å²) in [5.41, 5.74) is 0. The third-order valence-corrected chi connectivity index (χ3v) is 5.90. The number of phosphoric ester groups is 1. The van der Waals surface area contributed by atoms with Crippen molar-refractivity contribution in [1.29, 1.82) is 0 Å². The van der Waals surface area contributed by atoms with E-state index in [1.165, 1.54) is 0 Å². The predicted molar refractivity (Wildman–Crippen MR) is 75.7 cm³/mol. The van der Waals surface area contributed by atoms with Crippen LogP contribution in [0, 0.1) is 0 Å². The minimum atomic E-state index is -3.92. The molecule has 0 amide bonds. The van der Waals surface area contributed by atoms with E-state index in [2.05, 4.69) is 4.18 Å². The zero-order valence-corrected chi connectivity index (χ0v) is 13.4. The molecule has 8 nitrogen and oxygen atoms in total. The summed E-state index contributed by atoms with van der Waals surface area (Å²) in [6, 6.07) is 8.27. The molecule has 0 spiro atoms. The molecule has 10 heteroatoms. The van der Waals surface area contributed by atoms with Gasteiger partial charge < -0.3 is 8.71 Å². The fraction of sp³-hybridized carbons (Fsp3) is 0.417. The van der Waals surface area contributed by atoms with Crippen molar-refractivity contribution < 1.29 is 35.5 Å². The Balaban J connectivity index is 1.91. The summed E-state index contributed by atoms with van der Waals surface area (Å²) in [5.74, 6) is -0.514. The number of hydrogen-bond acceptors (Lipinski definition) is 8. The number of rotatable bonds is 7. The van der Waals surface area contributed by atoms with Gasteiger partial charge in [-0.15, -0.1) is 0 Å². The molecular weight excluding hydrogens is 335 g/mol. The Kier molecular flexibility index (Phi) is 5.23. The molecule has 1 fully saturated rings. The van der Waals surface area contributed by atoms with Crippen LogP contribution in [0.5, 0.6) is 5.75 Å². The second-order valence-corrected chi connectivity index (χ2v) is 7.95. The lowest BCUT2D eigenvalue weighted by Gasteiger charge is -2.17. The Morgan fingerprint density at radius 2 is 2.00 bits per heavy atom. The topological polar surface area (TPSA) is 105 Å². The van der Waals surface area contributed by atoms with Crippen molar-refractivity contribution in [3.05, 3.63) is 30.3 Å². The first-order chi connectivity index (χ1) is 10.3. The molecule has 1 aliphatic rings. The molecule has 2 rings (SSSR count). The van der Waals surface area contributed by atoms with Crippen molar-refractivity contribution in [2.45, 2.75) is 18.1 Å². The number of carbonyl (C=O) groups is 1. The van der Waals surface area contributed by atoms with Crippen LogP contribution in [0.3, 0.4) is 0 Å². The van der Waals surface area contributed by atoms with Gasteiger partial charge in [0.25, 0.3) is 0 Å². The highest BCUT2D eigenvalue weighted by Gasteiger charge is 2.39. The van der Waals surface area contributed by atoms with Crippen LogP contribution in [-0.2, 0) is 32.7 Å². The summed E-state index contributed by atoms with van der Waals surface area (Å²) >= 11 is 0. The smallest absolute Gasteiger partial charge is 0.404 e. The van der Waals surface area contributed by atoms with Crippen molar-refractivity contribution in [2.75, 3.05) is 13.7 Å². The van der Waals surface area contributed by atoms with Crippen LogP contribution in [0.15, 0.2) is 30.3 Å². The highest BCUT2D eigenvalue weighted by Crippen LogP contribution is 2.48. The summed E-state index contributed by atoms with van der Waals surface area (Å²) in [6.45, 7) is -0.224. The molecule has 1 aromatic carbocycles. The molecule has 122 valence electrons. The largest absolute Gasteiger partial charge is 0.529 e. The molecule has 0 aromatic heterocycles. The average molecular weight is 350 g/mol. The first-order valence-electron chi connectivity index (χ1n) is 6.36. The predicted octanol–water partition coefficient (Wildman–Crippen LogP) is 1.87. The molecule has 0 N–H and O–H groups in total. The molecule has 1 aliphatic heterocycles. The van der Waals surface area contributed by atoms with Crippen molar-refractivity contribution in [2.24, 2.45) is 0 Å². The van der Waals surface area contributed by atoms with E-state index in [-0.39, 0.29) is 19.4 Å². The Bertz CT molecular complexity index is 672. The summed E-state index contributed by atoms with van der Waals surface area (Å²) < 4.78 is 54.3. The van der Waals surface area contributed by atoms with Crippen LogP contribution in [-0.4, -0.2) is 33.4 Å².